The van der Waals surface area contributed by atoms with Crippen molar-refractivity contribution in [3.05, 3.63) is 41.5 Å². The Morgan fingerprint density at radius 2 is 2.15 bits per heavy atom. The van der Waals surface area contributed by atoms with E-state index in [2.05, 4.69) is 9.97 Å². The molecule has 1 aromatic carbocycles. The zero-order chi connectivity index (χ0) is 14.1. The summed E-state index contributed by atoms with van der Waals surface area (Å²) in [5.74, 6) is 0.301. The highest BCUT2D eigenvalue weighted by atomic mass is 19.1. The quantitative estimate of drug-likeness (QED) is 0.843. The third kappa shape index (κ3) is 2.15. The summed E-state index contributed by atoms with van der Waals surface area (Å²) in [6.45, 7) is 0. The number of fused-ring (bicyclic) bond motifs is 1. The van der Waals surface area contributed by atoms with Gasteiger partial charge in [0.15, 0.2) is 23.2 Å². The molecule has 0 amide bonds. The topological polar surface area (TPSA) is 52.1 Å². The number of hydrogen-bond acceptors (Lipinski definition) is 4. The molecule has 0 unspecified atom stereocenters. The molecular formula is C15H13FN2O2. The van der Waals surface area contributed by atoms with Crippen molar-refractivity contribution in [3.63, 3.8) is 0 Å². The average Bonchev–Trinajstić information content (AvgIpc) is 2.47. The summed E-state index contributed by atoms with van der Waals surface area (Å²) < 4.78 is 18.4. The van der Waals surface area contributed by atoms with Crippen molar-refractivity contribution >= 4 is 5.78 Å². The first-order valence-corrected chi connectivity index (χ1v) is 6.42. The van der Waals surface area contributed by atoms with Crippen LogP contribution < -0.4 is 4.74 Å². The lowest BCUT2D eigenvalue weighted by atomic mass is 9.96. The molecule has 1 aliphatic rings. The normalized spacial score (nSPS) is 14.0. The Kier molecular flexibility index (Phi) is 3.18. The van der Waals surface area contributed by atoms with Crippen LogP contribution in [0.15, 0.2) is 24.4 Å². The van der Waals surface area contributed by atoms with Gasteiger partial charge < -0.3 is 4.74 Å². The van der Waals surface area contributed by atoms with Crippen molar-refractivity contribution in [2.75, 3.05) is 7.11 Å². The third-order valence-corrected chi connectivity index (χ3v) is 3.39. The highest BCUT2D eigenvalue weighted by Crippen LogP contribution is 2.26. The number of benzene rings is 1. The number of aromatic nitrogens is 2. The van der Waals surface area contributed by atoms with Crippen LogP contribution in [-0.4, -0.2) is 22.9 Å². The van der Waals surface area contributed by atoms with Crippen LogP contribution in [0.25, 0.3) is 11.4 Å². The molecule has 0 fully saturated rings. The number of hydrogen-bond donors (Lipinski definition) is 0. The van der Waals surface area contributed by atoms with Gasteiger partial charge in [-0.05, 0) is 31.0 Å². The number of methoxy groups -OCH3 is 1. The van der Waals surface area contributed by atoms with Gasteiger partial charge in [0.25, 0.3) is 0 Å². The number of carbonyl (C=O) groups is 1. The van der Waals surface area contributed by atoms with Gasteiger partial charge in [-0.2, -0.15) is 0 Å². The largest absolute Gasteiger partial charge is 0.494 e. The molecule has 3 rings (SSSR count). The summed E-state index contributed by atoms with van der Waals surface area (Å²) >= 11 is 0. The van der Waals surface area contributed by atoms with Crippen LogP contribution in [-0.2, 0) is 6.42 Å². The molecule has 0 atom stereocenters. The molecule has 102 valence electrons. The van der Waals surface area contributed by atoms with Gasteiger partial charge in [-0.3, -0.25) is 4.79 Å². The van der Waals surface area contributed by atoms with Crippen LogP contribution in [0, 0.1) is 5.82 Å². The Hall–Kier alpha value is -2.30. The van der Waals surface area contributed by atoms with Crippen LogP contribution in [0.5, 0.6) is 5.75 Å². The second-order valence-corrected chi connectivity index (χ2v) is 4.68. The first-order chi connectivity index (χ1) is 9.69. The summed E-state index contributed by atoms with van der Waals surface area (Å²) in [6, 6.07) is 4.48. The highest BCUT2D eigenvalue weighted by molar-refractivity contribution is 5.97. The van der Waals surface area contributed by atoms with Crippen LogP contribution in [0.4, 0.5) is 4.39 Å². The van der Waals surface area contributed by atoms with Crippen LogP contribution >= 0.6 is 0 Å². The molecule has 0 spiro atoms. The van der Waals surface area contributed by atoms with Gasteiger partial charge in [-0.15, -0.1) is 0 Å². The van der Waals surface area contributed by atoms with E-state index in [9.17, 15) is 9.18 Å². The van der Waals surface area contributed by atoms with E-state index in [1.54, 1.807) is 18.3 Å². The number of ketones is 1. The second kappa shape index (κ2) is 5.00. The van der Waals surface area contributed by atoms with Gasteiger partial charge in [-0.25, -0.2) is 14.4 Å². The number of aryl methyl sites for hydroxylation is 1. The Morgan fingerprint density at radius 1 is 1.30 bits per heavy atom. The van der Waals surface area contributed by atoms with E-state index in [0.29, 0.717) is 23.4 Å². The molecule has 1 aliphatic carbocycles. The molecule has 20 heavy (non-hydrogen) atoms. The Morgan fingerprint density at radius 3 is 2.95 bits per heavy atom. The van der Waals surface area contributed by atoms with E-state index in [1.165, 1.54) is 13.2 Å². The van der Waals surface area contributed by atoms with E-state index in [-0.39, 0.29) is 11.5 Å². The predicted octanol–water partition coefficient (Wildman–Crippen LogP) is 2.81. The van der Waals surface area contributed by atoms with Crippen LogP contribution in [0.2, 0.25) is 0 Å². The zero-order valence-corrected chi connectivity index (χ0v) is 11.0. The maximum atomic E-state index is 13.4. The SMILES string of the molecule is COc1cc(-c2ncc3c(n2)CCCC3=O)ccc1F. The minimum atomic E-state index is -0.426. The van der Waals surface area contributed by atoms with E-state index < -0.39 is 5.82 Å². The first kappa shape index (κ1) is 12.7. The van der Waals surface area contributed by atoms with Crippen molar-refractivity contribution in [1.82, 2.24) is 9.97 Å². The number of Topliss-reactive ketones (excluding diaryl/α,β-unsaturated/α-hetero) is 1. The minimum absolute atomic E-state index is 0.0921. The van der Waals surface area contributed by atoms with Gasteiger partial charge in [0.1, 0.15) is 0 Å². The lowest BCUT2D eigenvalue weighted by Gasteiger charge is -2.14. The third-order valence-electron chi connectivity index (χ3n) is 3.39. The van der Waals surface area contributed by atoms with E-state index in [4.69, 9.17) is 4.74 Å². The van der Waals surface area contributed by atoms with Gasteiger partial charge in [0.05, 0.1) is 18.4 Å². The second-order valence-electron chi connectivity index (χ2n) is 4.68. The lowest BCUT2D eigenvalue weighted by Crippen LogP contribution is -2.13. The fourth-order valence-electron chi connectivity index (χ4n) is 2.33. The summed E-state index contributed by atoms with van der Waals surface area (Å²) in [5.41, 5.74) is 2.05. The van der Waals surface area contributed by atoms with E-state index in [1.807, 2.05) is 0 Å². The predicted molar refractivity (Wildman–Crippen MR) is 71.2 cm³/mol. The molecule has 0 saturated carbocycles. The van der Waals surface area contributed by atoms with E-state index >= 15 is 0 Å². The van der Waals surface area contributed by atoms with Crippen molar-refractivity contribution in [1.29, 1.82) is 0 Å². The van der Waals surface area contributed by atoms with Gasteiger partial charge in [0, 0.05) is 18.2 Å². The number of ether oxygens (including phenoxy) is 1. The molecular weight excluding hydrogens is 259 g/mol. The van der Waals surface area contributed by atoms with E-state index in [0.717, 1.165) is 18.5 Å². The summed E-state index contributed by atoms with van der Waals surface area (Å²) in [5, 5.41) is 0. The number of carbonyl (C=O) groups excluding carboxylic acids is 1. The summed E-state index contributed by atoms with van der Waals surface area (Å²) in [4.78, 5) is 20.4. The Labute approximate surface area is 115 Å². The highest BCUT2D eigenvalue weighted by Gasteiger charge is 2.19. The number of rotatable bonds is 2. The molecule has 0 bridgehead atoms. The molecule has 0 aliphatic heterocycles. The van der Waals surface area contributed by atoms with Crippen molar-refractivity contribution in [3.8, 4) is 17.1 Å². The van der Waals surface area contributed by atoms with Crippen molar-refractivity contribution in [2.24, 2.45) is 0 Å². The molecule has 0 saturated heterocycles. The number of halogens is 1. The maximum absolute atomic E-state index is 13.4. The summed E-state index contributed by atoms with van der Waals surface area (Å²) in [6.07, 6.45) is 3.71. The molecule has 1 heterocycles. The number of nitrogens with zero attached hydrogens (tertiary/aromatic N) is 2. The molecule has 0 N–H and O–H groups in total. The monoisotopic (exact) mass is 272 g/mol. The maximum Gasteiger partial charge on any atom is 0.166 e. The standard InChI is InChI=1S/C15H13FN2O2/c1-20-14-7-9(5-6-11(14)16)15-17-8-10-12(18-15)3-2-4-13(10)19/h5-8H,2-4H2,1H3. The lowest BCUT2D eigenvalue weighted by molar-refractivity contribution is 0.0971. The minimum Gasteiger partial charge on any atom is -0.494 e. The fourth-order valence-corrected chi connectivity index (χ4v) is 2.33. The first-order valence-electron chi connectivity index (χ1n) is 6.42. The zero-order valence-electron chi connectivity index (χ0n) is 11.0. The van der Waals surface area contributed by atoms with Gasteiger partial charge >= 0.3 is 0 Å². The van der Waals surface area contributed by atoms with Crippen LogP contribution in [0.1, 0.15) is 28.9 Å². The molecule has 2 aromatic rings. The van der Waals surface area contributed by atoms with Crippen molar-refractivity contribution in [2.45, 2.75) is 19.3 Å². The Bertz CT molecular complexity index is 686. The van der Waals surface area contributed by atoms with Crippen molar-refractivity contribution < 1.29 is 13.9 Å². The molecule has 0 radical (unpaired) electrons. The van der Waals surface area contributed by atoms with Crippen LogP contribution in [0.3, 0.4) is 0 Å². The molecule has 1 aromatic heterocycles. The fraction of sp³-hybridized carbons (Fsp3) is 0.267. The molecule has 4 nitrogen and oxygen atoms in total. The van der Waals surface area contributed by atoms with Gasteiger partial charge in [0.2, 0.25) is 0 Å². The molecule has 5 heteroatoms. The summed E-state index contributed by atoms with van der Waals surface area (Å²) in [7, 11) is 1.41. The average molecular weight is 272 g/mol. The smallest absolute Gasteiger partial charge is 0.166 e. The Balaban J connectivity index is 2.05. The van der Waals surface area contributed by atoms with Gasteiger partial charge in [-0.1, -0.05) is 0 Å².